The number of carbonyl (C=O) groups excluding carboxylic acids is 2. The van der Waals surface area contributed by atoms with E-state index in [-0.39, 0.29) is 31.4 Å². The Balaban J connectivity index is 1.90. The molecule has 1 aromatic carbocycles. The molecule has 2 aliphatic rings. The van der Waals surface area contributed by atoms with Gasteiger partial charge in [0, 0.05) is 50.8 Å². The van der Waals surface area contributed by atoms with E-state index in [2.05, 4.69) is 32.8 Å². The molecule has 0 radical (unpaired) electrons. The molecule has 0 saturated carbocycles. The molecule has 9 nitrogen and oxygen atoms in total. The quantitative estimate of drug-likeness (QED) is 0.270. The average Bonchev–Trinajstić information content (AvgIpc) is 2.86. The van der Waals surface area contributed by atoms with Crippen molar-refractivity contribution in [1.29, 1.82) is 0 Å². The number of aliphatic hydroxyl groups is 2. The van der Waals surface area contributed by atoms with Gasteiger partial charge in [-0.25, -0.2) is 0 Å². The largest absolute Gasteiger partial charge is 0.482 e. The molecular formula is C26H36IN3O6. The van der Waals surface area contributed by atoms with Gasteiger partial charge in [0.25, 0.3) is 0 Å². The van der Waals surface area contributed by atoms with Crippen LogP contribution in [0.1, 0.15) is 20.3 Å². The van der Waals surface area contributed by atoms with Crippen LogP contribution in [0, 0.1) is 3.57 Å². The van der Waals surface area contributed by atoms with Crippen molar-refractivity contribution in [3.63, 3.8) is 0 Å². The van der Waals surface area contributed by atoms with Crippen molar-refractivity contribution in [3.8, 4) is 5.75 Å². The highest BCUT2D eigenvalue weighted by atomic mass is 127. The SMILES string of the molecule is CC(C)=CC(=O)N(CCN1CCOCC1)[C@@H]1CC(C(=O)NCCO)=C[C@H](Oc2ccccc2I)[C@H]1O. The number of amides is 2. The van der Waals surface area contributed by atoms with Gasteiger partial charge in [0.05, 0.1) is 29.4 Å². The average molecular weight is 613 g/mol. The molecular weight excluding hydrogens is 577 g/mol. The van der Waals surface area contributed by atoms with Crippen molar-refractivity contribution < 1.29 is 29.3 Å². The van der Waals surface area contributed by atoms with Crippen LogP contribution in [-0.2, 0) is 14.3 Å². The lowest BCUT2D eigenvalue weighted by Crippen LogP contribution is -2.56. The number of benzene rings is 1. The Bertz CT molecular complexity index is 959. The Morgan fingerprint density at radius 1 is 1.28 bits per heavy atom. The summed E-state index contributed by atoms with van der Waals surface area (Å²) in [4.78, 5) is 30.1. The van der Waals surface area contributed by atoms with E-state index in [1.165, 1.54) is 0 Å². The van der Waals surface area contributed by atoms with E-state index in [4.69, 9.17) is 14.6 Å². The number of hydrogen-bond acceptors (Lipinski definition) is 7. The maximum atomic E-state index is 13.3. The first kappa shape index (κ1) is 28.6. The predicted octanol–water partition coefficient (Wildman–Crippen LogP) is 1.33. The van der Waals surface area contributed by atoms with Gasteiger partial charge in [-0.2, -0.15) is 0 Å². The molecule has 1 aliphatic heterocycles. The number of ether oxygens (including phenoxy) is 2. The van der Waals surface area contributed by atoms with Gasteiger partial charge in [-0.15, -0.1) is 0 Å². The maximum Gasteiger partial charge on any atom is 0.247 e. The van der Waals surface area contributed by atoms with E-state index in [0.717, 1.165) is 22.2 Å². The third-order valence-electron chi connectivity index (χ3n) is 6.17. The number of halogens is 1. The number of nitrogens with zero attached hydrogens (tertiary/aromatic N) is 2. The van der Waals surface area contributed by atoms with E-state index in [1.807, 2.05) is 38.1 Å². The van der Waals surface area contributed by atoms with Crippen molar-refractivity contribution in [2.75, 3.05) is 52.5 Å². The zero-order chi connectivity index (χ0) is 26.1. The van der Waals surface area contributed by atoms with Crippen LogP contribution in [0.3, 0.4) is 0 Å². The van der Waals surface area contributed by atoms with E-state index < -0.39 is 18.2 Å². The summed E-state index contributed by atoms with van der Waals surface area (Å²) < 4.78 is 12.5. The van der Waals surface area contributed by atoms with Crippen LogP contribution in [0.5, 0.6) is 5.75 Å². The molecule has 0 aromatic heterocycles. The van der Waals surface area contributed by atoms with Crippen LogP contribution in [0.25, 0.3) is 0 Å². The van der Waals surface area contributed by atoms with Gasteiger partial charge in [-0.3, -0.25) is 14.5 Å². The summed E-state index contributed by atoms with van der Waals surface area (Å²) in [5.41, 5.74) is 1.26. The highest BCUT2D eigenvalue weighted by Gasteiger charge is 2.40. The van der Waals surface area contributed by atoms with Gasteiger partial charge in [-0.1, -0.05) is 17.7 Å². The minimum absolute atomic E-state index is 0.114. The lowest BCUT2D eigenvalue weighted by Gasteiger charge is -2.41. The molecule has 2 amide bonds. The van der Waals surface area contributed by atoms with Crippen LogP contribution in [0.15, 0.2) is 47.6 Å². The van der Waals surface area contributed by atoms with Crippen LogP contribution >= 0.6 is 22.6 Å². The molecule has 1 heterocycles. The summed E-state index contributed by atoms with van der Waals surface area (Å²) in [6, 6.07) is 6.77. The zero-order valence-corrected chi connectivity index (χ0v) is 23.0. The Kier molecular flexibility index (Phi) is 11.2. The van der Waals surface area contributed by atoms with Gasteiger partial charge in [-0.05, 0) is 54.6 Å². The highest BCUT2D eigenvalue weighted by Crippen LogP contribution is 2.30. The second-order valence-electron chi connectivity index (χ2n) is 9.15. The first-order chi connectivity index (χ1) is 17.3. The normalized spacial score (nSPS) is 22.4. The van der Waals surface area contributed by atoms with Crippen molar-refractivity contribution in [3.05, 3.63) is 51.1 Å². The first-order valence-electron chi connectivity index (χ1n) is 12.2. The minimum Gasteiger partial charge on any atom is -0.482 e. The van der Waals surface area contributed by atoms with E-state index in [1.54, 1.807) is 17.1 Å². The molecule has 198 valence electrons. The molecule has 0 unspecified atom stereocenters. The summed E-state index contributed by atoms with van der Waals surface area (Å²) in [7, 11) is 0. The maximum absolute atomic E-state index is 13.3. The fourth-order valence-corrected chi connectivity index (χ4v) is 4.82. The molecule has 1 aliphatic carbocycles. The number of allylic oxidation sites excluding steroid dienone is 1. The summed E-state index contributed by atoms with van der Waals surface area (Å²) in [6.45, 7) is 7.53. The number of carbonyl (C=O) groups is 2. The molecule has 3 atom stereocenters. The third-order valence-corrected chi connectivity index (χ3v) is 7.06. The number of rotatable bonds is 10. The molecule has 1 saturated heterocycles. The molecule has 1 fully saturated rings. The topological polar surface area (TPSA) is 112 Å². The predicted molar refractivity (Wildman–Crippen MR) is 145 cm³/mol. The van der Waals surface area contributed by atoms with Crippen molar-refractivity contribution in [2.24, 2.45) is 0 Å². The summed E-state index contributed by atoms with van der Waals surface area (Å²) >= 11 is 2.16. The third kappa shape index (κ3) is 8.01. The molecule has 3 N–H and O–H groups in total. The number of aliphatic hydroxyl groups excluding tert-OH is 2. The van der Waals surface area contributed by atoms with Crippen molar-refractivity contribution in [2.45, 2.75) is 38.5 Å². The van der Waals surface area contributed by atoms with Crippen LogP contribution in [-0.4, -0.2) is 103 Å². The lowest BCUT2D eigenvalue weighted by atomic mass is 9.88. The van der Waals surface area contributed by atoms with Gasteiger partial charge < -0.3 is 29.9 Å². The molecule has 0 bridgehead atoms. The molecule has 3 rings (SSSR count). The smallest absolute Gasteiger partial charge is 0.247 e. The zero-order valence-electron chi connectivity index (χ0n) is 20.9. The fraction of sp³-hybridized carbons (Fsp3) is 0.538. The van der Waals surface area contributed by atoms with Crippen LogP contribution in [0.4, 0.5) is 0 Å². The fourth-order valence-electron chi connectivity index (χ4n) is 4.31. The summed E-state index contributed by atoms with van der Waals surface area (Å²) in [6.07, 6.45) is 1.48. The summed E-state index contributed by atoms with van der Waals surface area (Å²) in [5.74, 6) is 0.0297. The highest BCUT2D eigenvalue weighted by molar-refractivity contribution is 14.1. The monoisotopic (exact) mass is 613 g/mol. The lowest BCUT2D eigenvalue weighted by molar-refractivity contribution is -0.134. The first-order valence-corrected chi connectivity index (χ1v) is 13.3. The molecule has 10 heteroatoms. The van der Waals surface area contributed by atoms with E-state index >= 15 is 0 Å². The molecule has 0 spiro atoms. The standard InChI is InChI=1S/C26H36IN3O6/c1-18(2)15-24(32)30(9-8-29-10-13-35-14-11-29)21-16-19(26(34)28-7-12-31)17-23(25(21)33)36-22-6-4-3-5-20(22)27/h3-6,15,17,21,23,25,31,33H,7-14,16H2,1-2H3,(H,28,34)/t21-,23+,25+/m1/s1. The second kappa shape index (κ2) is 14.1. The van der Waals surface area contributed by atoms with Gasteiger partial charge in [0.2, 0.25) is 11.8 Å². The Morgan fingerprint density at radius 2 is 2.00 bits per heavy atom. The number of hydrogen-bond donors (Lipinski definition) is 3. The Labute approximate surface area is 226 Å². The van der Waals surface area contributed by atoms with Crippen molar-refractivity contribution >= 4 is 34.4 Å². The van der Waals surface area contributed by atoms with Gasteiger partial charge in [0.1, 0.15) is 18.0 Å². The van der Waals surface area contributed by atoms with Crippen molar-refractivity contribution in [1.82, 2.24) is 15.1 Å². The van der Waals surface area contributed by atoms with Crippen LogP contribution < -0.4 is 10.1 Å². The molecule has 1 aromatic rings. The number of nitrogens with one attached hydrogen (secondary N) is 1. The molecule has 36 heavy (non-hydrogen) atoms. The van der Waals surface area contributed by atoms with E-state index in [9.17, 15) is 14.7 Å². The van der Waals surface area contributed by atoms with Gasteiger partial charge in [0.15, 0.2) is 0 Å². The minimum atomic E-state index is -1.05. The van der Waals surface area contributed by atoms with Gasteiger partial charge >= 0.3 is 0 Å². The summed E-state index contributed by atoms with van der Waals surface area (Å²) in [5, 5.41) is 23.3. The number of morpholine rings is 1. The van der Waals surface area contributed by atoms with Crippen LogP contribution in [0.2, 0.25) is 0 Å². The second-order valence-corrected chi connectivity index (χ2v) is 10.3. The Morgan fingerprint density at radius 3 is 2.67 bits per heavy atom. The number of para-hydroxylation sites is 1. The Hall–Kier alpha value is -1.99. The van der Waals surface area contributed by atoms with E-state index in [0.29, 0.717) is 37.6 Å².